The summed E-state index contributed by atoms with van der Waals surface area (Å²) in [6, 6.07) is 0. The number of hydrogen-bond acceptors (Lipinski definition) is 15. The number of rotatable bonds is 76. The lowest BCUT2D eigenvalue weighted by atomic mass is 9.99. The van der Waals surface area contributed by atoms with Gasteiger partial charge < -0.3 is 33.8 Å². The topological polar surface area (TPSA) is 237 Å². The number of unbranched alkanes of at least 4 members (excludes halogenated alkanes) is 45. The van der Waals surface area contributed by atoms with Gasteiger partial charge in [-0.1, -0.05) is 350 Å². The molecule has 0 bridgehead atoms. The van der Waals surface area contributed by atoms with E-state index in [1.165, 1.54) is 218 Å². The molecule has 0 aliphatic carbocycles. The van der Waals surface area contributed by atoms with Crippen molar-refractivity contribution in [1.29, 1.82) is 0 Å². The molecule has 0 aliphatic heterocycles. The van der Waals surface area contributed by atoms with E-state index in [4.69, 9.17) is 37.0 Å². The van der Waals surface area contributed by atoms with Gasteiger partial charge in [0.25, 0.3) is 0 Å². The van der Waals surface area contributed by atoms with E-state index in [1.807, 2.05) is 0 Å². The van der Waals surface area contributed by atoms with Gasteiger partial charge in [0.05, 0.1) is 26.4 Å². The monoisotopic (exact) mass is 1410 g/mol. The zero-order chi connectivity index (χ0) is 70.7. The Balaban J connectivity index is 5.27. The molecule has 0 amide bonds. The summed E-state index contributed by atoms with van der Waals surface area (Å²) in [6.45, 7) is 9.64. The summed E-state index contributed by atoms with van der Waals surface area (Å²) in [5.41, 5.74) is 0. The molecular weight excluding hydrogens is 1260 g/mol. The standard InChI is InChI=1S/C77H150O17P2/c1-7-10-12-14-16-18-20-22-23-24-25-29-37-43-49-55-61-76(81)93-72(65-88-75(80)60-54-48-42-36-30-26-27-33-39-45-51-57-69(4)5)67-91-95(83,84)89-63-71(78)64-90-96(85,86)92-68-73(66-87-74(79)59-53-47-41-35-28-21-19-17-15-13-11-8-2)94-77(82)62-56-50-44-38-32-31-34-40-46-52-58-70(6)9-3/h69-73,78H,7-68H2,1-6H3,(H,83,84)(H,85,86)/t70?,71-,72-,73-/m1/s1. The summed E-state index contributed by atoms with van der Waals surface area (Å²) in [4.78, 5) is 72.9. The number of esters is 4. The first kappa shape index (κ1) is 94.1. The molecular formula is C77H150O17P2. The van der Waals surface area contributed by atoms with Gasteiger partial charge in [-0.3, -0.25) is 37.3 Å². The maximum Gasteiger partial charge on any atom is 0.472 e. The molecule has 0 aromatic rings. The molecule has 0 aliphatic rings. The molecule has 6 atom stereocenters. The predicted molar refractivity (Wildman–Crippen MR) is 391 cm³/mol. The quantitative estimate of drug-likeness (QED) is 0.0222. The molecule has 0 aromatic heterocycles. The normalized spacial score (nSPS) is 14.3. The van der Waals surface area contributed by atoms with Gasteiger partial charge in [-0.15, -0.1) is 0 Å². The Morgan fingerprint density at radius 1 is 0.302 bits per heavy atom. The highest BCUT2D eigenvalue weighted by atomic mass is 31.2. The molecule has 3 unspecified atom stereocenters. The average Bonchev–Trinajstić information content (AvgIpc) is 1.88. The van der Waals surface area contributed by atoms with Crippen LogP contribution in [0.4, 0.5) is 0 Å². The fourth-order valence-electron chi connectivity index (χ4n) is 11.8. The van der Waals surface area contributed by atoms with Crippen LogP contribution in [0, 0.1) is 11.8 Å². The van der Waals surface area contributed by atoms with Gasteiger partial charge in [-0.2, -0.15) is 0 Å². The van der Waals surface area contributed by atoms with Crippen LogP contribution in [0.25, 0.3) is 0 Å². The Morgan fingerprint density at radius 3 is 0.792 bits per heavy atom. The maximum atomic E-state index is 13.1. The zero-order valence-corrected chi connectivity index (χ0v) is 64.5. The minimum absolute atomic E-state index is 0.107. The van der Waals surface area contributed by atoms with E-state index in [9.17, 15) is 43.2 Å². The third-order valence-corrected chi connectivity index (χ3v) is 20.2. The van der Waals surface area contributed by atoms with Crippen molar-refractivity contribution in [1.82, 2.24) is 0 Å². The Labute approximate surface area is 588 Å². The lowest BCUT2D eigenvalue weighted by molar-refractivity contribution is -0.161. The third-order valence-electron chi connectivity index (χ3n) is 18.3. The van der Waals surface area contributed by atoms with Crippen LogP contribution >= 0.6 is 15.6 Å². The van der Waals surface area contributed by atoms with Crippen molar-refractivity contribution in [3.05, 3.63) is 0 Å². The third kappa shape index (κ3) is 69.2. The van der Waals surface area contributed by atoms with Crippen molar-refractivity contribution in [3.63, 3.8) is 0 Å². The first-order valence-electron chi connectivity index (χ1n) is 40.0. The largest absolute Gasteiger partial charge is 0.472 e. The van der Waals surface area contributed by atoms with Gasteiger partial charge in [0.15, 0.2) is 12.2 Å². The van der Waals surface area contributed by atoms with Crippen molar-refractivity contribution in [2.75, 3.05) is 39.6 Å². The highest BCUT2D eigenvalue weighted by Gasteiger charge is 2.30. The second-order valence-corrected chi connectivity index (χ2v) is 31.4. The van der Waals surface area contributed by atoms with Crippen LogP contribution < -0.4 is 0 Å². The van der Waals surface area contributed by atoms with Crippen LogP contribution in [0.5, 0.6) is 0 Å². The first-order valence-corrected chi connectivity index (χ1v) is 43.0. The highest BCUT2D eigenvalue weighted by Crippen LogP contribution is 2.45. The lowest BCUT2D eigenvalue weighted by Crippen LogP contribution is -2.30. The molecule has 96 heavy (non-hydrogen) atoms. The number of ether oxygens (including phenoxy) is 4. The number of carbonyl (C=O) groups is 4. The fourth-order valence-corrected chi connectivity index (χ4v) is 13.4. The molecule has 17 nitrogen and oxygen atoms in total. The Bertz CT molecular complexity index is 1860. The molecule has 0 saturated carbocycles. The van der Waals surface area contributed by atoms with Crippen molar-refractivity contribution in [2.24, 2.45) is 11.8 Å². The Kier molecular flexibility index (Phi) is 67.4. The minimum atomic E-state index is -4.96. The van der Waals surface area contributed by atoms with Gasteiger partial charge in [-0.25, -0.2) is 9.13 Å². The van der Waals surface area contributed by atoms with Gasteiger partial charge in [-0.05, 0) is 37.5 Å². The maximum absolute atomic E-state index is 13.1. The van der Waals surface area contributed by atoms with Crippen LogP contribution in [0.2, 0.25) is 0 Å². The molecule has 0 aromatic carbocycles. The van der Waals surface area contributed by atoms with Crippen LogP contribution in [0.3, 0.4) is 0 Å². The number of carbonyl (C=O) groups excluding carboxylic acids is 4. The second-order valence-electron chi connectivity index (χ2n) is 28.5. The van der Waals surface area contributed by atoms with E-state index >= 15 is 0 Å². The van der Waals surface area contributed by atoms with Crippen molar-refractivity contribution < 1.29 is 80.2 Å². The second kappa shape index (κ2) is 68.8. The highest BCUT2D eigenvalue weighted by molar-refractivity contribution is 7.47. The van der Waals surface area contributed by atoms with Crippen molar-refractivity contribution in [2.45, 2.75) is 419 Å². The van der Waals surface area contributed by atoms with Crippen LogP contribution in [0.1, 0.15) is 401 Å². The van der Waals surface area contributed by atoms with Crippen molar-refractivity contribution in [3.8, 4) is 0 Å². The van der Waals surface area contributed by atoms with Gasteiger partial charge >= 0.3 is 39.5 Å². The Hall–Kier alpha value is -1.94. The molecule has 19 heteroatoms. The smallest absolute Gasteiger partial charge is 0.462 e. The minimum Gasteiger partial charge on any atom is -0.462 e. The molecule has 570 valence electrons. The average molecular weight is 1410 g/mol. The summed E-state index contributed by atoms with van der Waals surface area (Å²) in [5.74, 6) is -0.537. The van der Waals surface area contributed by atoms with Gasteiger partial charge in [0, 0.05) is 25.7 Å². The Morgan fingerprint density at radius 2 is 0.531 bits per heavy atom. The van der Waals surface area contributed by atoms with Crippen LogP contribution in [-0.4, -0.2) is 96.7 Å². The summed E-state index contributed by atoms with van der Waals surface area (Å²) < 4.78 is 68.6. The SMILES string of the molecule is CCCCCCCCCCCCCCCCCCC(=O)O[C@H](COC(=O)CCCCCCCCCCCCCC(C)C)COP(=O)(O)OC[C@@H](O)COP(=O)(O)OC[C@@H](COC(=O)CCCCCCCCCCCCCC)OC(=O)CCCCCCCCCCCCC(C)CC. The van der Waals surface area contributed by atoms with Gasteiger partial charge in [0.1, 0.15) is 19.3 Å². The lowest BCUT2D eigenvalue weighted by Gasteiger charge is -2.21. The van der Waals surface area contributed by atoms with E-state index in [2.05, 4.69) is 41.5 Å². The summed E-state index contributed by atoms with van der Waals surface area (Å²) >= 11 is 0. The van der Waals surface area contributed by atoms with Crippen LogP contribution in [-0.2, 0) is 65.4 Å². The number of phosphoric acid groups is 2. The van der Waals surface area contributed by atoms with Crippen LogP contribution in [0.15, 0.2) is 0 Å². The molecule has 0 heterocycles. The predicted octanol–water partition coefficient (Wildman–Crippen LogP) is 22.7. The molecule has 0 rings (SSSR count). The van der Waals surface area contributed by atoms with E-state index in [0.717, 1.165) is 102 Å². The summed E-state index contributed by atoms with van der Waals surface area (Å²) in [6.07, 6.45) is 56.6. The first-order chi connectivity index (χ1) is 46.4. The number of hydrogen-bond donors (Lipinski definition) is 3. The van der Waals surface area contributed by atoms with E-state index in [-0.39, 0.29) is 25.7 Å². The van der Waals surface area contributed by atoms with E-state index in [1.54, 1.807) is 0 Å². The summed E-state index contributed by atoms with van der Waals surface area (Å²) in [5, 5.41) is 10.6. The van der Waals surface area contributed by atoms with E-state index < -0.39 is 97.5 Å². The molecule has 0 spiro atoms. The molecule has 3 N–H and O–H groups in total. The number of aliphatic hydroxyl groups excluding tert-OH is 1. The summed E-state index contributed by atoms with van der Waals surface area (Å²) in [7, 11) is -9.91. The number of aliphatic hydroxyl groups is 1. The van der Waals surface area contributed by atoms with Gasteiger partial charge in [0.2, 0.25) is 0 Å². The molecule has 0 radical (unpaired) electrons. The molecule has 0 saturated heterocycles. The number of phosphoric ester groups is 2. The molecule has 0 fully saturated rings. The van der Waals surface area contributed by atoms with Crippen molar-refractivity contribution >= 4 is 39.5 Å². The zero-order valence-electron chi connectivity index (χ0n) is 62.7. The van der Waals surface area contributed by atoms with E-state index in [0.29, 0.717) is 25.7 Å². The fraction of sp³-hybridized carbons (Fsp3) is 0.948.